The minimum atomic E-state index is 0.157. The van der Waals surface area contributed by atoms with Crippen LogP contribution in [0.1, 0.15) is 17.2 Å². The van der Waals surface area contributed by atoms with E-state index in [1.165, 1.54) is 11.1 Å². The largest absolute Gasteiger partial charge is 0.380 e. The fourth-order valence-corrected chi connectivity index (χ4v) is 1.71. The summed E-state index contributed by atoms with van der Waals surface area (Å²) < 4.78 is 5.18. The number of hydrogen-bond acceptors (Lipinski definition) is 3. The van der Waals surface area contributed by atoms with Gasteiger partial charge in [0.2, 0.25) is 0 Å². The fraction of sp³-hybridized carbons (Fsp3) is 0.385. The second-order valence-electron chi connectivity index (χ2n) is 3.62. The first kappa shape index (κ1) is 12.9. The minimum Gasteiger partial charge on any atom is -0.380 e. The predicted octanol–water partition coefficient (Wildman–Crippen LogP) is 1.61. The first-order valence-electron chi connectivity index (χ1n) is 5.44. The molecule has 16 heavy (non-hydrogen) atoms. The van der Waals surface area contributed by atoms with Gasteiger partial charge in [-0.05, 0) is 11.1 Å². The summed E-state index contributed by atoms with van der Waals surface area (Å²) in [6.45, 7) is 5.62. The van der Waals surface area contributed by atoms with E-state index in [2.05, 4.69) is 24.0 Å². The maximum atomic E-state index is 5.77. The van der Waals surface area contributed by atoms with E-state index in [0.717, 1.165) is 6.54 Å². The van der Waals surface area contributed by atoms with Gasteiger partial charge in [-0.2, -0.15) is 0 Å². The molecule has 0 fully saturated rings. The van der Waals surface area contributed by atoms with Crippen LogP contribution in [0.25, 0.3) is 0 Å². The summed E-state index contributed by atoms with van der Waals surface area (Å²) in [6.07, 6.45) is 1.83. The van der Waals surface area contributed by atoms with E-state index in [0.29, 0.717) is 13.2 Å². The van der Waals surface area contributed by atoms with Crippen LogP contribution in [0.2, 0.25) is 0 Å². The van der Waals surface area contributed by atoms with E-state index in [1.807, 2.05) is 18.2 Å². The molecule has 1 atom stereocenters. The Balaban J connectivity index is 2.84. The van der Waals surface area contributed by atoms with Crippen molar-refractivity contribution in [3.05, 3.63) is 48.0 Å². The van der Waals surface area contributed by atoms with Gasteiger partial charge in [0.15, 0.2) is 0 Å². The second kappa shape index (κ2) is 7.17. The van der Waals surface area contributed by atoms with Gasteiger partial charge in [-0.1, -0.05) is 30.3 Å². The smallest absolute Gasteiger partial charge is 0.0716 e. The molecule has 0 aromatic heterocycles. The standard InChI is InChI=1S/C13H20N2O/c1-3-8-15-13(9-14)12-7-5-4-6-11(12)10-16-2/h3-7,13,15H,1,8-10,14H2,2H3. The third-order valence-corrected chi connectivity index (χ3v) is 2.47. The lowest BCUT2D eigenvalue weighted by molar-refractivity contribution is 0.183. The molecule has 0 heterocycles. The molecule has 3 N–H and O–H groups in total. The average Bonchev–Trinajstić information content (AvgIpc) is 2.32. The van der Waals surface area contributed by atoms with E-state index in [1.54, 1.807) is 7.11 Å². The predicted molar refractivity (Wildman–Crippen MR) is 67.2 cm³/mol. The summed E-state index contributed by atoms with van der Waals surface area (Å²) in [4.78, 5) is 0. The summed E-state index contributed by atoms with van der Waals surface area (Å²) in [6, 6.07) is 8.34. The SMILES string of the molecule is C=CCNC(CN)c1ccccc1COC. The zero-order valence-electron chi connectivity index (χ0n) is 9.78. The molecular weight excluding hydrogens is 200 g/mol. The third-order valence-electron chi connectivity index (χ3n) is 2.47. The van der Waals surface area contributed by atoms with Crippen molar-refractivity contribution in [3.63, 3.8) is 0 Å². The van der Waals surface area contributed by atoms with Crippen LogP contribution in [0.3, 0.4) is 0 Å². The average molecular weight is 220 g/mol. The summed E-state index contributed by atoms with van der Waals surface area (Å²) in [5.41, 5.74) is 8.15. The molecule has 3 nitrogen and oxygen atoms in total. The van der Waals surface area contributed by atoms with Crippen LogP contribution in [-0.2, 0) is 11.3 Å². The highest BCUT2D eigenvalue weighted by Gasteiger charge is 2.11. The van der Waals surface area contributed by atoms with Crippen molar-refractivity contribution in [2.24, 2.45) is 5.73 Å². The molecule has 1 unspecified atom stereocenters. The van der Waals surface area contributed by atoms with Gasteiger partial charge in [-0.3, -0.25) is 0 Å². The fourth-order valence-electron chi connectivity index (χ4n) is 1.71. The Morgan fingerprint density at radius 3 is 2.88 bits per heavy atom. The second-order valence-corrected chi connectivity index (χ2v) is 3.62. The molecule has 3 heteroatoms. The van der Waals surface area contributed by atoms with Gasteiger partial charge >= 0.3 is 0 Å². The Morgan fingerprint density at radius 1 is 1.50 bits per heavy atom. The summed E-state index contributed by atoms with van der Waals surface area (Å²) in [5, 5.41) is 3.34. The highest BCUT2D eigenvalue weighted by atomic mass is 16.5. The van der Waals surface area contributed by atoms with Crippen LogP contribution in [0, 0.1) is 0 Å². The van der Waals surface area contributed by atoms with Crippen LogP contribution in [0.15, 0.2) is 36.9 Å². The highest BCUT2D eigenvalue weighted by molar-refractivity contribution is 5.30. The van der Waals surface area contributed by atoms with Crippen molar-refractivity contribution in [2.75, 3.05) is 20.2 Å². The molecular formula is C13H20N2O. The van der Waals surface area contributed by atoms with Crippen molar-refractivity contribution in [3.8, 4) is 0 Å². The Bertz CT molecular complexity index is 325. The van der Waals surface area contributed by atoms with Gasteiger partial charge in [0, 0.05) is 26.2 Å². The minimum absolute atomic E-state index is 0.157. The third kappa shape index (κ3) is 3.45. The van der Waals surface area contributed by atoms with Gasteiger partial charge in [-0.15, -0.1) is 6.58 Å². The number of hydrogen-bond donors (Lipinski definition) is 2. The van der Waals surface area contributed by atoms with Crippen molar-refractivity contribution in [2.45, 2.75) is 12.6 Å². The molecule has 0 amide bonds. The lowest BCUT2D eigenvalue weighted by atomic mass is 10.0. The first-order valence-corrected chi connectivity index (χ1v) is 5.44. The molecule has 0 bridgehead atoms. The Kier molecular flexibility index (Phi) is 5.78. The molecule has 0 spiro atoms. The van der Waals surface area contributed by atoms with Crippen LogP contribution in [0.4, 0.5) is 0 Å². The molecule has 0 saturated carbocycles. The van der Waals surface area contributed by atoms with Crippen molar-refractivity contribution in [1.82, 2.24) is 5.32 Å². The number of nitrogens with two attached hydrogens (primary N) is 1. The number of rotatable bonds is 7. The molecule has 88 valence electrons. The summed E-state index contributed by atoms with van der Waals surface area (Å²) in [7, 11) is 1.70. The lowest BCUT2D eigenvalue weighted by Crippen LogP contribution is -2.29. The van der Waals surface area contributed by atoms with E-state index < -0.39 is 0 Å². The maximum Gasteiger partial charge on any atom is 0.0716 e. The number of ether oxygens (including phenoxy) is 1. The quantitative estimate of drug-likeness (QED) is 0.686. The maximum absolute atomic E-state index is 5.77. The molecule has 0 aliphatic heterocycles. The van der Waals surface area contributed by atoms with Gasteiger partial charge < -0.3 is 15.8 Å². The van der Waals surface area contributed by atoms with Gasteiger partial charge in [0.25, 0.3) is 0 Å². The topological polar surface area (TPSA) is 47.3 Å². The Morgan fingerprint density at radius 2 is 2.25 bits per heavy atom. The van der Waals surface area contributed by atoms with E-state index in [4.69, 9.17) is 10.5 Å². The molecule has 1 rings (SSSR count). The number of benzene rings is 1. The van der Waals surface area contributed by atoms with Gasteiger partial charge in [0.1, 0.15) is 0 Å². The van der Waals surface area contributed by atoms with Crippen LogP contribution >= 0.6 is 0 Å². The van der Waals surface area contributed by atoms with Crippen LogP contribution in [-0.4, -0.2) is 20.2 Å². The van der Waals surface area contributed by atoms with Gasteiger partial charge in [0.05, 0.1) is 6.61 Å². The molecule has 1 aromatic rings. The molecule has 1 aromatic carbocycles. The molecule has 0 radical (unpaired) electrons. The van der Waals surface area contributed by atoms with Crippen LogP contribution in [0.5, 0.6) is 0 Å². The van der Waals surface area contributed by atoms with Crippen molar-refractivity contribution >= 4 is 0 Å². The zero-order chi connectivity index (χ0) is 11.8. The van der Waals surface area contributed by atoms with Gasteiger partial charge in [-0.25, -0.2) is 0 Å². The normalized spacial score (nSPS) is 12.4. The zero-order valence-corrected chi connectivity index (χ0v) is 9.78. The Labute approximate surface area is 97.3 Å². The molecule has 0 saturated heterocycles. The summed E-state index contributed by atoms with van der Waals surface area (Å²) in [5.74, 6) is 0. The van der Waals surface area contributed by atoms with E-state index in [-0.39, 0.29) is 6.04 Å². The number of methoxy groups -OCH3 is 1. The molecule has 0 aliphatic rings. The van der Waals surface area contributed by atoms with E-state index >= 15 is 0 Å². The van der Waals surface area contributed by atoms with E-state index in [9.17, 15) is 0 Å². The Hall–Kier alpha value is -1.16. The highest BCUT2D eigenvalue weighted by Crippen LogP contribution is 2.17. The monoisotopic (exact) mass is 220 g/mol. The number of nitrogens with one attached hydrogen (secondary N) is 1. The molecule has 0 aliphatic carbocycles. The summed E-state index contributed by atoms with van der Waals surface area (Å²) >= 11 is 0. The van der Waals surface area contributed by atoms with Crippen molar-refractivity contribution in [1.29, 1.82) is 0 Å². The lowest BCUT2D eigenvalue weighted by Gasteiger charge is -2.19. The van der Waals surface area contributed by atoms with Crippen molar-refractivity contribution < 1.29 is 4.74 Å². The first-order chi connectivity index (χ1) is 7.83. The van der Waals surface area contributed by atoms with Crippen LogP contribution < -0.4 is 11.1 Å².